The summed E-state index contributed by atoms with van der Waals surface area (Å²) >= 11 is 0. The lowest BCUT2D eigenvalue weighted by Gasteiger charge is -2.36. The SMILES string of the molecule is CCNC(C)CCN(C)C1CCCCC1C. The molecule has 3 unspecified atom stereocenters. The third-order valence-electron chi connectivity index (χ3n) is 4.10. The Morgan fingerprint density at radius 3 is 2.62 bits per heavy atom. The first-order valence-corrected chi connectivity index (χ1v) is 7.08. The first kappa shape index (κ1) is 14.0. The number of nitrogens with one attached hydrogen (secondary N) is 1. The molecular formula is C14H30N2. The van der Waals surface area contributed by atoms with Crippen molar-refractivity contribution in [3.8, 4) is 0 Å². The van der Waals surface area contributed by atoms with E-state index in [0.717, 1.165) is 18.5 Å². The quantitative estimate of drug-likeness (QED) is 0.749. The molecule has 0 aromatic carbocycles. The summed E-state index contributed by atoms with van der Waals surface area (Å²) in [6, 6.07) is 1.49. The van der Waals surface area contributed by atoms with Crippen LogP contribution in [0.1, 0.15) is 52.9 Å². The third kappa shape index (κ3) is 4.42. The van der Waals surface area contributed by atoms with Gasteiger partial charge in [-0.3, -0.25) is 0 Å². The molecule has 3 atom stereocenters. The molecule has 96 valence electrons. The number of rotatable bonds is 6. The van der Waals surface area contributed by atoms with Crippen LogP contribution in [0.15, 0.2) is 0 Å². The molecule has 0 radical (unpaired) electrons. The van der Waals surface area contributed by atoms with Crippen molar-refractivity contribution >= 4 is 0 Å². The van der Waals surface area contributed by atoms with E-state index >= 15 is 0 Å². The van der Waals surface area contributed by atoms with Crippen LogP contribution in [0.25, 0.3) is 0 Å². The van der Waals surface area contributed by atoms with E-state index in [1.165, 1.54) is 38.6 Å². The van der Waals surface area contributed by atoms with Crippen molar-refractivity contribution in [2.75, 3.05) is 20.1 Å². The zero-order chi connectivity index (χ0) is 12.0. The normalized spacial score (nSPS) is 28.3. The Hall–Kier alpha value is -0.0800. The van der Waals surface area contributed by atoms with Crippen LogP contribution in [0.2, 0.25) is 0 Å². The van der Waals surface area contributed by atoms with Crippen molar-refractivity contribution in [2.24, 2.45) is 5.92 Å². The first-order valence-electron chi connectivity index (χ1n) is 7.08. The summed E-state index contributed by atoms with van der Waals surface area (Å²) < 4.78 is 0. The van der Waals surface area contributed by atoms with Crippen LogP contribution in [0.5, 0.6) is 0 Å². The monoisotopic (exact) mass is 226 g/mol. The molecule has 0 bridgehead atoms. The molecule has 1 aliphatic rings. The Morgan fingerprint density at radius 1 is 1.31 bits per heavy atom. The van der Waals surface area contributed by atoms with E-state index in [0.29, 0.717) is 6.04 Å². The van der Waals surface area contributed by atoms with Gasteiger partial charge in [-0.25, -0.2) is 0 Å². The van der Waals surface area contributed by atoms with Gasteiger partial charge in [-0.15, -0.1) is 0 Å². The molecule has 1 rings (SSSR count). The van der Waals surface area contributed by atoms with E-state index in [9.17, 15) is 0 Å². The average molecular weight is 226 g/mol. The fourth-order valence-corrected chi connectivity index (χ4v) is 2.97. The topological polar surface area (TPSA) is 15.3 Å². The predicted octanol–water partition coefficient (Wildman–Crippen LogP) is 2.89. The van der Waals surface area contributed by atoms with Gasteiger partial charge in [0.15, 0.2) is 0 Å². The second kappa shape index (κ2) is 7.29. The molecular weight excluding hydrogens is 196 g/mol. The van der Waals surface area contributed by atoms with Crippen LogP contribution < -0.4 is 5.32 Å². The zero-order valence-electron chi connectivity index (χ0n) is 11.6. The van der Waals surface area contributed by atoms with E-state index in [1.54, 1.807) is 0 Å². The lowest BCUT2D eigenvalue weighted by molar-refractivity contribution is 0.135. The maximum atomic E-state index is 3.49. The molecule has 0 heterocycles. The molecule has 1 N–H and O–H groups in total. The van der Waals surface area contributed by atoms with Crippen molar-refractivity contribution in [2.45, 2.75) is 65.0 Å². The molecule has 1 fully saturated rings. The van der Waals surface area contributed by atoms with Gasteiger partial charge in [0.25, 0.3) is 0 Å². The molecule has 2 heteroatoms. The zero-order valence-corrected chi connectivity index (χ0v) is 11.6. The summed E-state index contributed by atoms with van der Waals surface area (Å²) in [4.78, 5) is 2.59. The van der Waals surface area contributed by atoms with Gasteiger partial charge in [0.1, 0.15) is 0 Å². The van der Waals surface area contributed by atoms with Gasteiger partial charge in [0.05, 0.1) is 0 Å². The van der Waals surface area contributed by atoms with E-state index in [-0.39, 0.29) is 0 Å². The standard InChI is InChI=1S/C14H30N2/c1-5-15-13(3)10-11-16(4)14-9-7-6-8-12(14)2/h12-15H,5-11H2,1-4H3. The Bertz CT molecular complexity index is 182. The third-order valence-corrected chi connectivity index (χ3v) is 4.10. The van der Waals surface area contributed by atoms with Gasteiger partial charge in [-0.05, 0) is 52.2 Å². The van der Waals surface area contributed by atoms with Crippen molar-refractivity contribution in [3.05, 3.63) is 0 Å². The summed E-state index contributed by atoms with van der Waals surface area (Å²) in [5.41, 5.74) is 0. The Labute approximate surface area is 102 Å². The number of nitrogens with zero attached hydrogens (tertiary/aromatic N) is 1. The molecule has 0 amide bonds. The van der Waals surface area contributed by atoms with Crippen LogP contribution in [-0.4, -0.2) is 37.1 Å². The Balaban J connectivity index is 2.25. The van der Waals surface area contributed by atoms with Crippen molar-refractivity contribution < 1.29 is 0 Å². The molecule has 0 aromatic rings. The molecule has 2 nitrogen and oxygen atoms in total. The van der Waals surface area contributed by atoms with E-state index in [1.807, 2.05) is 0 Å². The molecule has 0 spiro atoms. The second-order valence-electron chi connectivity index (χ2n) is 5.56. The Kier molecular flexibility index (Phi) is 6.37. The first-order chi connectivity index (χ1) is 7.65. The van der Waals surface area contributed by atoms with Crippen LogP contribution in [-0.2, 0) is 0 Å². The second-order valence-corrected chi connectivity index (χ2v) is 5.56. The highest BCUT2D eigenvalue weighted by atomic mass is 15.1. The highest BCUT2D eigenvalue weighted by Crippen LogP contribution is 2.27. The van der Waals surface area contributed by atoms with Crippen molar-refractivity contribution in [1.82, 2.24) is 10.2 Å². The molecule has 16 heavy (non-hydrogen) atoms. The molecule has 0 aliphatic heterocycles. The van der Waals surface area contributed by atoms with Crippen LogP contribution in [0.3, 0.4) is 0 Å². The van der Waals surface area contributed by atoms with E-state index < -0.39 is 0 Å². The number of hydrogen-bond donors (Lipinski definition) is 1. The minimum Gasteiger partial charge on any atom is -0.314 e. The lowest BCUT2D eigenvalue weighted by atomic mass is 9.85. The number of hydrogen-bond acceptors (Lipinski definition) is 2. The van der Waals surface area contributed by atoms with Gasteiger partial charge >= 0.3 is 0 Å². The van der Waals surface area contributed by atoms with Crippen LogP contribution in [0.4, 0.5) is 0 Å². The van der Waals surface area contributed by atoms with Gasteiger partial charge in [0, 0.05) is 12.1 Å². The van der Waals surface area contributed by atoms with Gasteiger partial charge in [-0.2, -0.15) is 0 Å². The maximum absolute atomic E-state index is 3.49. The van der Waals surface area contributed by atoms with E-state index in [2.05, 4.69) is 38.0 Å². The van der Waals surface area contributed by atoms with Gasteiger partial charge in [0.2, 0.25) is 0 Å². The average Bonchev–Trinajstić information content (AvgIpc) is 2.27. The van der Waals surface area contributed by atoms with Crippen LogP contribution >= 0.6 is 0 Å². The summed E-state index contributed by atoms with van der Waals surface area (Å²) in [5, 5.41) is 3.49. The fraction of sp³-hybridized carbons (Fsp3) is 1.00. The highest BCUT2D eigenvalue weighted by Gasteiger charge is 2.24. The summed E-state index contributed by atoms with van der Waals surface area (Å²) in [6.45, 7) is 9.23. The van der Waals surface area contributed by atoms with E-state index in [4.69, 9.17) is 0 Å². The molecule has 1 saturated carbocycles. The van der Waals surface area contributed by atoms with Crippen LogP contribution in [0, 0.1) is 5.92 Å². The minimum atomic E-state index is 0.659. The maximum Gasteiger partial charge on any atom is 0.0118 e. The molecule has 0 saturated heterocycles. The Morgan fingerprint density at radius 2 is 2.00 bits per heavy atom. The lowest BCUT2D eigenvalue weighted by Crippen LogP contribution is -2.41. The molecule has 0 aromatic heterocycles. The minimum absolute atomic E-state index is 0.659. The smallest absolute Gasteiger partial charge is 0.0118 e. The summed E-state index contributed by atoms with van der Waals surface area (Å²) in [7, 11) is 2.31. The summed E-state index contributed by atoms with van der Waals surface area (Å²) in [6.07, 6.45) is 6.99. The summed E-state index contributed by atoms with van der Waals surface area (Å²) in [5.74, 6) is 0.896. The largest absolute Gasteiger partial charge is 0.314 e. The van der Waals surface area contributed by atoms with Gasteiger partial charge in [-0.1, -0.05) is 26.7 Å². The van der Waals surface area contributed by atoms with Gasteiger partial charge < -0.3 is 10.2 Å². The van der Waals surface area contributed by atoms with Crippen molar-refractivity contribution in [1.29, 1.82) is 0 Å². The predicted molar refractivity (Wildman–Crippen MR) is 71.8 cm³/mol. The van der Waals surface area contributed by atoms with Crippen molar-refractivity contribution in [3.63, 3.8) is 0 Å². The molecule has 1 aliphatic carbocycles. The fourth-order valence-electron chi connectivity index (χ4n) is 2.97. The highest BCUT2D eigenvalue weighted by molar-refractivity contribution is 4.79.